The molecule has 0 spiro atoms. The van der Waals surface area contributed by atoms with E-state index in [1.54, 1.807) is 13.0 Å². The zero-order valence-electron chi connectivity index (χ0n) is 14.6. The van der Waals surface area contributed by atoms with Gasteiger partial charge in [-0.2, -0.15) is 0 Å². The third kappa shape index (κ3) is 3.61. The second kappa shape index (κ2) is 7.00. The summed E-state index contributed by atoms with van der Waals surface area (Å²) in [6.07, 6.45) is 6.93. The van der Waals surface area contributed by atoms with E-state index in [1.807, 2.05) is 4.90 Å². The largest absolute Gasteiger partial charge is 0.397 e. The average molecular weight is 346 g/mol. The maximum absolute atomic E-state index is 12.5. The fourth-order valence-corrected chi connectivity index (χ4v) is 3.98. The Morgan fingerprint density at radius 1 is 1.44 bits per heavy atom. The van der Waals surface area contributed by atoms with Crippen LogP contribution in [0.1, 0.15) is 43.0 Å². The van der Waals surface area contributed by atoms with Crippen LogP contribution in [0.3, 0.4) is 0 Å². The number of nitrogens with two attached hydrogens (primary N) is 1. The minimum absolute atomic E-state index is 0.0163. The van der Waals surface area contributed by atoms with Crippen molar-refractivity contribution in [2.45, 2.75) is 38.6 Å². The summed E-state index contributed by atoms with van der Waals surface area (Å²) in [5, 5.41) is 12.3. The van der Waals surface area contributed by atoms with Crippen LogP contribution in [0, 0.1) is 11.3 Å². The van der Waals surface area contributed by atoms with Crippen LogP contribution in [0.4, 0.5) is 5.69 Å². The Kier molecular flexibility index (Phi) is 4.94. The van der Waals surface area contributed by atoms with Gasteiger partial charge in [-0.1, -0.05) is 6.92 Å². The number of nitrogens with zero attached hydrogens (tertiary/aromatic N) is 2. The Morgan fingerprint density at radius 2 is 2.16 bits per heavy atom. The van der Waals surface area contributed by atoms with Crippen LogP contribution in [0.15, 0.2) is 18.5 Å². The van der Waals surface area contributed by atoms with Crippen molar-refractivity contribution < 1.29 is 14.7 Å². The highest BCUT2D eigenvalue weighted by molar-refractivity contribution is 5.94. The number of nitrogens with one attached hydrogen (secondary N) is 1. The number of anilines is 1. The highest BCUT2D eigenvalue weighted by Crippen LogP contribution is 2.44. The Morgan fingerprint density at radius 3 is 2.80 bits per heavy atom. The first-order valence-electron chi connectivity index (χ1n) is 8.84. The van der Waals surface area contributed by atoms with Gasteiger partial charge in [0.1, 0.15) is 0 Å². The van der Waals surface area contributed by atoms with Gasteiger partial charge in [-0.3, -0.25) is 14.6 Å². The zero-order chi connectivity index (χ0) is 18.0. The predicted octanol–water partition coefficient (Wildman–Crippen LogP) is 0.793. The molecule has 1 aromatic heterocycles. The van der Waals surface area contributed by atoms with Gasteiger partial charge in [0.25, 0.3) is 5.91 Å². The predicted molar refractivity (Wildman–Crippen MR) is 93.6 cm³/mol. The van der Waals surface area contributed by atoms with Crippen molar-refractivity contribution in [2.24, 2.45) is 11.3 Å². The van der Waals surface area contributed by atoms with Crippen LogP contribution >= 0.6 is 0 Å². The Bertz CT molecular complexity index is 655. The molecule has 7 nitrogen and oxygen atoms in total. The molecule has 4 N–H and O–H groups in total. The van der Waals surface area contributed by atoms with E-state index in [-0.39, 0.29) is 35.8 Å². The molecular weight excluding hydrogens is 320 g/mol. The minimum atomic E-state index is -0.371. The second-order valence-electron chi connectivity index (χ2n) is 7.47. The van der Waals surface area contributed by atoms with Gasteiger partial charge in [0.05, 0.1) is 23.8 Å². The third-order valence-corrected chi connectivity index (χ3v) is 5.59. The number of pyridine rings is 1. The SMILES string of the molecule is CC(CO)C(=O)N1CC2(CNC(=O)c3cncc(N)c3)CCC1CC2. The number of piperidine rings is 2. The van der Waals surface area contributed by atoms with Gasteiger partial charge in [-0.15, -0.1) is 0 Å². The maximum atomic E-state index is 12.5. The summed E-state index contributed by atoms with van der Waals surface area (Å²) in [6, 6.07) is 1.88. The summed E-state index contributed by atoms with van der Waals surface area (Å²) in [6.45, 7) is 2.81. The van der Waals surface area contributed by atoms with E-state index in [0.717, 1.165) is 25.7 Å². The zero-order valence-corrected chi connectivity index (χ0v) is 14.6. The number of rotatable bonds is 5. The summed E-state index contributed by atoms with van der Waals surface area (Å²) in [4.78, 5) is 30.7. The molecular formula is C18H26N4O3. The van der Waals surface area contributed by atoms with Crippen molar-refractivity contribution in [3.8, 4) is 0 Å². The summed E-state index contributed by atoms with van der Waals surface area (Å²) >= 11 is 0. The first kappa shape index (κ1) is 17.7. The molecule has 4 rings (SSSR count). The van der Waals surface area contributed by atoms with Gasteiger partial charge in [0.2, 0.25) is 5.91 Å². The van der Waals surface area contributed by atoms with Gasteiger partial charge in [0, 0.05) is 36.9 Å². The van der Waals surface area contributed by atoms with Crippen LogP contribution in [0.2, 0.25) is 0 Å². The smallest absolute Gasteiger partial charge is 0.252 e. The molecule has 2 aliphatic heterocycles. The molecule has 3 aliphatic rings. The molecule has 2 amide bonds. The lowest BCUT2D eigenvalue weighted by Gasteiger charge is -2.53. The number of nitrogen functional groups attached to an aromatic ring is 1. The van der Waals surface area contributed by atoms with E-state index < -0.39 is 0 Å². The maximum Gasteiger partial charge on any atom is 0.252 e. The van der Waals surface area contributed by atoms with Crippen molar-refractivity contribution in [3.05, 3.63) is 24.0 Å². The van der Waals surface area contributed by atoms with E-state index >= 15 is 0 Å². The molecule has 1 atom stereocenters. The Balaban J connectivity index is 1.65. The molecule has 2 bridgehead atoms. The lowest BCUT2D eigenvalue weighted by molar-refractivity contribution is -0.148. The quantitative estimate of drug-likeness (QED) is 0.730. The van der Waals surface area contributed by atoms with Crippen molar-refractivity contribution in [2.75, 3.05) is 25.4 Å². The standard InChI is InChI=1S/C18H26N4O3/c1-12(9-23)17(25)22-11-18(4-2-15(22)3-5-18)10-21-16(24)13-6-14(19)8-20-7-13/h6-8,12,15,23H,2-5,9-11,19H2,1H3,(H,21,24). The number of hydrogen-bond donors (Lipinski definition) is 3. The highest BCUT2D eigenvalue weighted by Gasteiger charge is 2.46. The number of aromatic nitrogens is 1. The van der Waals surface area contributed by atoms with Crippen molar-refractivity contribution >= 4 is 17.5 Å². The molecule has 25 heavy (non-hydrogen) atoms. The molecule has 1 aliphatic carbocycles. The topological polar surface area (TPSA) is 109 Å². The molecule has 3 fully saturated rings. The van der Waals surface area contributed by atoms with Crippen LogP contribution < -0.4 is 11.1 Å². The van der Waals surface area contributed by atoms with Crippen molar-refractivity contribution in [1.29, 1.82) is 0 Å². The lowest BCUT2D eigenvalue weighted by atomic mass is 9.67. The summed E-state index contributed by atoms with van der Waals surface area (Å²) in [5.74, 6) is -0.546. The number of aliphatic hydroxyl groups is 1. The highest BCUT2D eigenvalue weighted by atomic mass is 16.3. The third-order valence-electron chi connectivity index (χ3n) is 5.59. The van der Waals surface area contributed by atoms with E-state index in [9.17, 15) is 14.7 Å². The van der Waals surface area contributed by atoms with Gasteiger partial charge in [-0.25, -0.2) is 0 Å². The fraction of sp³-hybridized carbons (Fsp3) is 0.611. The minimum Gasteiger partial charge on any atom is -0.397 e. The number of hydrogen-bond acceptors (Lipinski definition) is 5. The molecule has 2 saturated heterocycles. The summed E-state index contributed by atoms with van der Waals surface area (Å²) in [7, 11) is 0. The van der Waals surface area contributed by atoms with Crippen LogP contribution in [-0.2, 0) is 4.79 Å². The molecule has 0 aromatic carbocycles. The van der Waals surface area contributed by atoms with Gasteiger partial charge >= 0.3 is 0 Å². The van der Waals surface area contributed by atoms with E-state index in [2.05, 4.69) is 10.3 Å². The van der Waals surface area contributed by atoms with Crippen LogP contribution in [-0.4, -0.2) is 52.5 Å². The first-order valence-corrected chi connectivity index (χ1v) is 8.84. The number of carbonyl (C=O) groups is 2. The molecule has 0 radical (unpaired) electrons. The second-order valence-corrected chi connectivity index (χ2v) is 7.47. The molecule has 1 aromatic rings. The average Bonchev–Trinajstić information content (AvgIpc) is 2.65. The Labute approximate surface area is 147 Å². The van der Waals surface area contributed by atoms with Gasteiger partial charge in [0.15, 0.2) is 0 Å². The summed E-state index contributed by atoms with van der Waals surface area (Å²) in [5.41, 5.74) is 6.50. The molecule has 1 unspecified atom stereocenters. The van der Waals surface area contributed by atoms with Gasteiger partial charge in [-0.05, 0) is 31.7 Å². The number of carbonyl (C=O) groups excluding carboxylic acids is 2. The first-order chi connectivity index (χ1) is 11.9. The van der Waals surface area contributed by atoms with Crippen molar-refractivity contribution in [3.63, 3.8) is 0 Å². The summed E-state index contributed by atoms with van der Waals surface area (Å²) < 4.78 is 0. The lowest BCUT2D eigenvalue weighted by Crippen LogP contribution is -2.60. The van der Waals surface area contributed by atoms with E-state index in [1.165, 1.54) is 12.4 Å². The molecule has 136 valence electrons. The Hall–Kier alpha value is -2.15. The van der Waals surface area contributed by atoms with E-state index in [0.29, 0.717) is 24.3 Å². The normalized spacial score (nSPS) is 26.3. The van der Waals surface area contributed by atoms with Crippen LogP contribution in [0.5, 0.6) is 0 Å². The molecule has 3 heterocycles. The number of fused-ring (bicyclic) bond motifs is 3. The monoisotopic (exact) mass is 346 g/mol. The molecule has 7 heteroatoms. The van der Waals surface area contributed by atoms with Crippen molar-refractivity contribution in [1.82, 2.24) is 15.2 Å². The van der Waals surface area contributed by atoms with Gasteiger partial charge < -0.3 is 21.1 Å². The number of amides is 2. The van der Waals surface area contributed by atoms with E-state index in [4.69, 9.17) is 5.73 Å². The van der Waals surface area contributed by atoms with Crippen LogP contribution in [0.25, 0.3) is 0 Å². The number of aliphatic hydroxyl groups excluding tert-OH is 1. The fourth-order valence-electron chi connectivity index (χ4n) is 3.98. The molecule has 1 saturated carbocycles.